The number of ketones is 2. The Labute approximate surface area is 154 Å². The summed E-state index contributed by atoms with van der Waals surface area (Å²) in [5, 5.41) is 34.6. The number of aromatic hydroxyl groups is 2. The van der Waals surface area contributed by atoms with Crippen LogP contribution in [0.3, 0.4) is 0 Å². The van der Waals surface area contributed by atoms with E-state index in [1.165, 1.54) is 12.1 Å². The SMILES string of the molecule is CCCCCNc1ccc(O)c2c1C(=O)c1c(O)ccc([N+](=O)[O-])c1C2=O. The summed E-state index contributed by atoms with van der Waals surface area (Å²) in [6.45, 7) is 2.61. The second-order valence-corrected chi connectivity index (χ2v) is 6.29. The van der Waals surface area contributed by atoms with Crippen LogP contribution in [0.4, 0.5) is 11.4 Å². The highest BCUT2D eigenvalue weighted by molar-refractivity contribution is 6.33. The molecule has 8 heteroatoms. The maximum Gasteiger partial charge on any atom is 0.281 e. The molecule has 0 unspecified atom stereocenters. The van der Waals surface area contributed by atoms with Crippen molar-refractivity contribution >= 4 is 22.9 Å². The van der Waals surface area contributed by atoms with Gasteiger partial charge in [0.1, 0.15) is 17.1 Å². The van der Waals surface area contributed by atoms with Gasteiger partial charge in [0.05, 0.1) is 21.6 Å². The number of rotatable bonds is 6. The Balaban J connectivity index is 2.18. The van der Waals surface area contributed by atoms with Crippen LogP contribution in [0, 0.1) is 10.1 Å². The van der Waals surface area contributed by atoms with Crippen LogP contribution < -0.4 is 5.32 Å². The molecule has 0 saturated carbocycles. The topological polar surface area (TPSA) is 130 Å². The van der Waals surface area contributed by atoms with E-state index in [0.717, 1.165) is 31.4 Å². The van der Waals surface area contributed by atoms with Crippen molar-refractivity contribution in [2.45, 2.75) is 26.2 Å². The van der Waals surface area contributed by atoms with Gasteiger partial charge in [-0.05, 0) is 24.6 Å². The van der Waals surface area contributed by atoms with Crippen LogP contribution in [0.2, 0.25) is 0 Å². The number of hydrogen-bond acceptors (Lipinski definition) is 7. The highest BCUT2D eigenvalue weighted by Crippen LogP contribution is 2.42. The van der Waals surface area contributed by atoms with E-state index < -0.39 is 44.8 Å². The van der Waals surface area contributed by atoms with Crippen LogP contribution >= 0.6 is 0 Å². The Morgan fingerprint density at radius 1 is 0.926 bits per heavy atom. The molecule has 8 nitrogen and oxygen atoms in total. The number of nitro benzene ring substituents is 1. The van der Waals surface area contributed by atoms with E-state index in [1.54, 1.807) is 0 Å². The van der Waals surface area contributed by atoms with E-state index in [-0.39, 0.29) is 11.1 Å². The van der Waals surface area contributed by atoms with Gasteiger partial charge in [-0.3, -0.25) is 19.7 Å². The minimum atomic E-state index is -0.864. The zero-order valence-corrected chi connectivity index (χ0v) is 14.6. The van der Waals surface area contributed by atoms with Gasteiger partial charge in [0.15, 0.2) is 0 Å². The third-order valence-corrected chi connectivity index (χ3v) is 4.55. The molecule has 0 aromatic heterocycles. The molecule has 3 rings (SSSR count). The van der Waals surface area contributed by atoms with E-state index in [1.807, 2.05) is 0 Å². The molecule has 2 aromatic rings. The molecule has 0 radical (unpaired) electrons. The zero-order valence-electron chi connectivity index (χ0n) is 14.6. The summed E-state index contributed by atoms with van der Waals surface area (Å²) in [5.74, 6) is -2.56. The highest BCUT2D eigenvalue weighted by Gasteiger charge is 2.40. The Hall–Kier alpha value is -3.42. The van der Waals surface area contributed by atoms with Crippen molar-refractivity contribution in [2.24, 2.45) is 0 Å². The number of phenols is 2. The molecule has 27 heavy (non-hydrogen) atoms. The number of benzene rings is 2. The van der Waals surface area contributed by atoms with Crippen LogP contribution in [-0.2, 0) is 0 Å². The predicted molar refractivity (Wildman–Crippen MR) is 97.7 cm³/mol. The molecular weight excluding hydrogens is 352 g/mol. The summed E-state index contributed by atoms with van der Waals surface area (Å²) < 4.78 is 0. The van der Waals surface area contributed by atoms with Crippen LogP contribution in [0.25, 0.3) is 0 Å². The quantitative estimate of drug-likeness (QED) is 0.262. The Morgan fingerprint density at radius 3 is 2.15 bits per heavy atom. The van der Waals surface area contributed by atoms with Crippen LogP contribution in [0.1, 0.15) is 58.0 Å². The number of hydrogen-bond donors (Lipinski definition) is 3. The number of carbonyl (C=O) groups is 2. The van der Waals surface area contributed by atoms with Gasteiger partial charge in [-0.1, -0.05) is 19.8 Å². The average Bonchev–Trinajstić information content (AvgIpc) is 2.63. The smallest absolute Gasteiger partial charge is 0.281 e. The fraction of sp³-hybridized carbons (Fsp3) is 0.263. The molecule has 2 aromatic carbocycles. The van der Waals surface area contributed by atoms with Gasteiger partial charge in [-0.25, -0.2) is 0 Å². The van der Waals surface area contributed by atoms with Gasteiger partial charge in [0, 0.05) is 18.3 Å². The number of anilines is 1. The lowest BCUT2D eigenvalue weighted by Gasteiger charge is -2.22. The van der Waals surface area contributed by atoms with E-state index >= 15 is 0 Å². The summed E-state index contributed by atoms with van der Waals surface area (Å²) in [7, 11) is 0. The second kappa shape index (κ2) is 7.06. The molecule has 1 aliphatic carbocycles. The molecule has 0 saturated heterocycles. The first-order valence-electron chi connectivity index (χ1n) is 8.58. The van der Waals surface area contributed by atoms with Gasteiger partial charge >= 0.3 is 0 Å². The lowest BCUT2D eigenvalue weighted by Crippen LogP contribution is -2.24. The summed E-state index contributed by atoms with van der Waals surface area (Å²) in [4.78, 5) is 36.4. The lowest BCUT2D eigenvalue weighted by atomic mass is 9.81. The number of phenolic OH excluding ortho intramolecular Hbond substituents is 2. The largest absolute Gasteiger partial charge is 0.507 e. The van der Waals surface area contributed by atoms with Crippen molar-refractivity contribution in [3.63, 3.8) is 0 Å². The average molecular weight is 370 g/mol. The third-order valence-electron chi connectivity index (χ3n) is 4.55. The molecule has 0 spiro atoms. The highest BCUT2D eigenvalue weighted by atomic mass is 16.6. The summed E-state index contributed by atoms with van der Waals surface area (Å²) in [6.07, 6.45) is 2.84. The molecule has 0 amide bonds. The van der Waals surface area contributed by atoms with E-state index in [9.17, 15) is 29.9 Å². The molecular formula is C19H18N2O6. The first-order valence-corrected chi connectivity index (χ1v) is 8.58. The maximum atomic E-state index is 13.0. The van der Waals surface area contributed by atoms with Crippen LogP contribution in [-0.4, -0.2) is 33.2 Å². The number of fused-ring (bicyclic) bond motifs is 2. The van der Waals surface area contributed by atoms with Crippen molar-refractivity contribution in [3.05, 3.63) is 56.6 Å². The van der Waals surface area contributed by atoms with E-state index in [4.69, 9.17) is 0 Å². The fourth-order valence-electron chi connectivity index (χ4n) is 3.25. The fourth-order valence-corrected chi connectivity index (χ4v) is 3.25. The van der Waals surface area contributed by atoms with Gasteiger partial charge in [0.25, 0.3) is 5.69 Å². The number of nitrogens with zero attached hydrogens (tertiary/aromatic N) is 1. The molecule has 1 aliphatic rings. The molecule has 140 valence electrons. The van der Waals surface area contributed by atoms with Crippen molar-refractivity contribution in [3.8, 4) is 11.5 Å². The van der Waals surface area contributed by atoms with Crippen molar-refractivity contribution in [2.75, 3.05) is 11.9 Å². The minimum Gasteiger partial charge on any atom is -0.507 e. The summed E-state index contributed by atoms with van der Waals surface area (Å²) in [6, 6.07) is 4.73. The third kappa shape index (κ3) is 2.99. The molecule has 0 atom stereocenters. The first kappa shape index (κ1) is 18.4. The van der Waals surface area contributed by atoms with Crippen LogP contribution in [0.15, 0.2) is 24.3 Å². The van der Waals surface area contributed by atoms with Gasteiger partial charge in [-0.2, -0.15) is 0 Å². The Bertz CT molecular complexity index is 967. The van der Waals surface area contributed by atoms with E-state index in [2.05, 4.69) is 12.2 Å². The lowest BCUT2D eigenvalue weighted by molar-refractivity contribution is -0.385. The molecule has 0 heterocycles. The van der Waals surface area contributed by atoms with Gasteiger partial charge in [-0.15, -0.1) is 0 Å². The molecule has 0 aliphatic heterocycles. The summed E-state index contributed by atoms with van der Waals surface area (Å²) in [5.41, 5.74) is -1.54. The Kier molecular flexibility index (Phi) is 4.81. The minimum absolute atomic E-state index is 0.0835. The second-order valence-electron chi connectivity index (χ2n) is 6.29. The maximum absolute atomic E-state index is 13.0. The van der Waals surface area contributed by atoms with Crippen molar-refractivity contribution < 1.29 is 24.7 Å². The standard InChI is InChI=1S/C19H18N2O6/c1-2-3-4-9-20-10-5-7-12(22)16-14(10)18(24)17-13(23)8-6-11(21(26)27)15(17)19(16)25/h5-8,20,22-23H,2-4,9H2,1H3. The number of carbonyl (C=O) groups excluding carboxylic acids is 2. The number of nitro groups is 1. The van der Waals surface area contributed by atoms with Crippen molar-refractivity contribution in [1.82, 2.24) is 0 Å². The number of unbranched alkanes of at least 4 members (excludes halogenated alkanes) is 2. The number of nitrogens with one attached hydrogen (secondary N) is 1. The monoisotopic (exact) mass is 370 g/mol. The van der Waals surface area contributed by atoms with Crippen molar-refractivity contribution in [1.29, 1.82) is 0 Å². The predicted octanol–water partition coefficient (Wildman–Crippen LogP) is 3.38. The summed E-state index contributed by atoms with van der Waals surface area (Å²) >= 11 is 0. The molecule has 0 bridgehead atoms. The Morgan fingerprint density at radius 2 is 1.52 bits per heavy atom. The van der Waals surface area contributed by atoms with Crippen LogP contribution in [0.5, 0.6) is 11.5 Å². The normalized spacial score (nSPS) is 12.5. The zero-order chi connectivity index (χ0) is 19.7. The first-order chi connectivity index (χ1) is 12.9. The molecule has 0 fully saturated rings. The van der Waals surface area contributed by atoms with Gasteiger partial charge < -0.3 is 15.5 Å². The molecule has 3 N–H and O–H groups in total. The van der Waals surface area contributed by atoms with Gasteiger partial charge in [0.2, 0.25) is 11.6 Å². The van der Waals surface area contributed by atoms with E-state index in [0.29, 0.717) is 12.2 Å².